The number of fused-ring (bicyclic) bond motifs is 2. The highest BCUT2D eigenvalue weighted by Crippen LogP contribution is 2.39. The standard InChI is InChI=1S/C27H20N4O2/c32-27(29-15-17-4-2-1-3-5-17)25-14-21(19-8-9-22-24(12-19)31-16-30-22)26(33-25)20-7-6-18-10-11-28-23(18)13-20/h1-9,11-14,16H,10,15H2,(H,29,32)(H,30,31). The fourth-order valence-electron chi connectivity index (χ4n) is 4.14. The van der Waals surface area contributed by atoms with Crippen LogP contribution in [0.15, 0.2) is 88.5 Å². The normalized spacial score (nSPS) is 12.2. The second-order valence-corrected chi connectivity index (χ2v) is 8.02. The second-order valence-electron chi connectivity index (χ2n) is 8.02. The van der Waals surface area contributed by atoms with Crippen molar-refractivity contribution in [1.29, 1.82) is 0 Å². The highest BCUT2D eigenvalue weighted by Gasteiger charge is 2.21. The summed E-state index contributed by atoms with van der Waals surface area (Å²) in [5.41, 5.74) is 7.63. The smallest absolute Gasteiger partial charge is 0.287 e. The first kappa shape index (κ1) is 19.3. The summed E-state index contributed by atoms with van der Waals surface area (Å²) in [4.78, 5) is 24.9. The number of benzene rings is 3. The fraction of sp³-hybridized carbons (Fsp3) is 0.0741. The topological polar surface area (TPSA) is 83.3 Å². The zero-order chi connectivity index (χ0) is 22.2. The third-order valence-corrected chi connectivity index (χ3v) is 5.87. The van der Waals surface area contributed by atoms with Gasteiger partial charge in [-0.2, -0.15) is 0 Å². The molecular weight excluding hydrogens is 412 g/mol. The highest BCUT2D eigenvalue weighted by atomic mass is 16.4. The van der Waals surface area contributed by atoms with Gasteiger partial charge in [-0.25, -0.2) is 4.98 Å². The molecule has 5 aromatic rings. The molecule has 6 nitrogen and oxygen atoms in total. The van der Waals surface area contributed by atoms with E-state index in [1.54, 1.807) is 6.33 Å². The SMILES string of the molecule is O=C(NCc1ccccc1)c1cc(-c2ccc3nc[nH]c3c2)c(-c2ccc3c(c2)N=CC3)o1. The van der Waals surface area contributed by atoms with E-state index < -0.39 is 0 Å². The van der Waals surface area contributed by atoms with Gasteiger partial charge in [-0.1, -0.05) is 48.5 Å². The minimum absolute atomic E-state index is 0.256. The van der Waals surface area contributed by atoms with Gasteiger partial charge in [0, 0.05) is 30.3 Å². The number of H-pyrrole nitrogens is 1. The van der Waals surface area contributed by atoms with Crippen LogP contribution in [0.25, 0.3) is 33.5 Å². The zero-order valence-electron chi connectivity index (χ0n) is 17.7. The lowest BCUT2D eigenvalue weighted by Crippen LogP contribution is -2.22. The molecule has 6 rings (SSSR count). The van der Waals surface area contributed by atoms with E-state index in [1.807, 2.05) is 72.9 Å². The molecule has 0 atom stereocenters. The molecule has 3 aromatic carbocycles. The highest BCUT2D eigenvalue weighted by molar-refractivity contribution is 5.96. The van der Waals surface area contributed by atoms with E-state index in [1.165, 1.54) is 5.56 Å². The van der Waals surface area contributed by atoms with Crippen LogP contribution in [0.5, 0.6) is 0 Å². The van der Waals surface area contributed by atoms with Crippen molar-refractivity contribution in [3.8, 4) is 22.5 Å². The van der Waals surface area contributed by atoms with Crippen molar-refractivity contribution in [3.63, 3.8) is 0 Å². The van der Waals surface area contributed by atoms with Crippen LogP contribution in [-0.4, -0.2) is 22.1 Å². The number of rotatable bonds is 5. The van der Waals surface area contributed by atoms with E-state index in [-0.39, 0.29) is 11.7 Å². The molecule has 0 fully saturated rings. The Labute approximate surface area is 190 Å². The first-order valence-electron chi connectivity index (χ1n) is 10.8. The van der Waals surface area contributed by atoms with Gasteiger partial charge in [-0.15, -0.1) is 0 Å². The molecule has 2 N–H and O–H groups in total. The van der Waals surface area contributed by atoms with Gasteiger partial charge in [0.05, 0.1) is 23.0 Å². The Hall–Kier alpha value is -4.45. The van der Waals surface area contributed by atoms with Crippen molar-refractivity contribution >= 4 is 28.8 Å². The average Bonchev–Trinajstić information content (AvgIpc) is 3.61. The second kappa shape index (κ2) is 7.91. The quantitative estimate of drug-likeness (QED) is 0.375. The van der Waals surface area contributed by atoms with Crippen molar-refractivity contribution in [3.05, 3.63) is 96.0 Å². The summed E-state index contributed by atoms with van der Waals surface area (Å²) in [7, 11) is 0. The average molecular weight is 432 g/mol. The molecule has 1 amide bonds. The van der Waals surface area contributed by atoms with E-state index in [0.717, 1.165) is 45.4 Å². The molecule has 1 aliphatic heterocycles. The predicted molar refractivity (Wildman–Crippen MR) is 129 cm³/mol. The first-order valence-corrected chi connectivity index (χ1v) is 10.8. The lowest BCUT2D eigenvalue weighted by molar-refractivity contribution is 0.0924. The fourth-order valence-corrected chi connectivity index (χ4v) is 4.14. The van der Waals surface area contributed by atoms with Crippen LogP contribution in [-0.2, 0) is 13.0 Å². The Morgan fingerprint density at radius 3 is 2.79 bits per heavy atom. The van der Waals surface area contributed by atoms with E-state index in [9.17, 15) is 4.79 Å². The molecule has 1 aliphatic rings. The maximum Gasteiger partial charge on any atom is 0.287 e. The Morgan fingerprint density at radius 1 is 1.00 bits per heavy atom. The van der Waals surface area contributed by atoms with Crippen LogP contribution in [0.1, 0.15) is 21.7 Å². The number of carbonyl (C=O) groups is 1. The number of aliphatic imine (C=N–C) groups is 1. The maximum atomic E-state index is 13.0. The van der Waals surface area contributed by atoms with Crippen molar-refractivity contribution in [1.82, 2.24) is 15.3 Å². The summed E-state index contributed by atoms with van der Waals surface area (Å²) in [5.74, 6) is 0.654. The lowest BCUT2D eigenvalue weighted by Gasteiger charge is -2.06. The molecule has 0 bridgehead atoms. The number of furan rings is 1. The van der Waals surface area contributed by atoms with Gasteiger partial charge in [0.25, 0.3) is 5.91 Å². The Balaban J connectivity index is 1.40. The minimum atomic E-state index is -0.256. The Morgan fingerprint density at radius 2 is 1.88 bits per heavy atom. The summed E-state index contributed by atoms with van der Waals surface area (Å²) in [6.07, 6.45) is 4.42. The maximum absolute atomic E-state index is 13.0. The van der Waals surface area contributed by atoms with Crippen molar-refractivity contribution in [2.75, 3.05) is 0 Å². The van der Waals surface area contributed by atoms with Crippen LogP contribution < -0.4 is 5.32 Å². The number of aromatic nitrogens is 2. The monoisotopic (exact) mass is 432 g/mol. The van der Waals surface area contributed by atoms with Gasteiger partial charge in [-0.05, 0) is 41.0 Å². The molecule has 160 valence electrons. The molecule has 0 spiro atoms. The number of carbonyl (C=O) groups excluding carboxylic acids is 1. The van der Waals surface area contributed by atoms with Crippen LogP contribution in [0.4, 0.5) is 5.69 Å². The number of nitrogens with zero attached hydrogens (tertiary/aromatic N) is 2. The first-order chi connectivity index (χ1) is 16.2. The summed E-state index contributed by atoms with van der Waals surface area (Å²) >= 11 is 0. The third-order valence-electron chi connectivity index (χ3n) is 5.87. The zero-order valence-corrected chi connectivity index (χ0v) is 17.7. The van der Waals surface area contributed by atoms with Gasteiger partial charge < -0.3 is 14.7 Å². The van der Waals surface area contributed by atoms with Gasteiger partial charge in [0.15, 0.2) is 5.76 Å². The Kier molecular flexibility index (Phi) is 4.61. The lowest BCUT2D eigenvalue weighted by atomic mass is 9.99. The number of hydrogen-bond acceptors (Lipinski definition) is 4. The van der Waals surface area contributed by atoms with E-state index in [2.05, 4.69) is 26.3 Å². The third kappa shape index (κ3) is 3.61. The van der Waals surface area contributed by atoms with E-state index in [4.69, 9.17) is 4.42 Å². The van der Waals surface area contributed by atoms with E-state index >= 15 is 0 Å². The molecule has 3 heterocycles. The van der Waals surface area contributed by atoms with Gasteiger partial charge >= 0.3 is 0 Å². The molecule has 2 aromatic heterocycles. The van der Waals surface area contributed by atoms with Gasteiger partial charge in [0.1, 0.15) is 5.76 Å². The molecule has 0 saturated heterocycles. The molecular formula is C27H20N4O2. The summed E-state index contributed by atoms with van der Waals surface area (Å²) in [6, 6.07) is 23.7. The number of aromatic amines is 1. The van der Waals surface area contributed by atoms with Crippen LogP contribution in [0.3, 0.4) is 0 Å². The van der Waals surface area contributed by atoms with E-state index in [0.29, 0.717) is 12.3 Å². The molecule has 0 aliphatic carbocycles. The Bertz CT molecular complexity index is 1510. The predicted octanol–water partition coefficient (Wildman–Crippen LogP) is 5.68. The molecule has 33 heavy (non-hydrogen) atoms. The summed E-state index contributed by atoms with van der Waals surface area (Å²) in [6.45, 7) is 0.429. The minimum Gasteiger partial charge on any atom is -0.450 e. The van der Waals surface area contributed by atoms with Gasteiger partial charge in [0.2, 0.25) is 0 Å². The van der Waals surface area contributed by atoms with Crippen molar-refractivity contribution in [2.45, 2.75) is 13.0 Å². The van der Waals surface area contributed by atoms with Crippen molar-refractivity contribution < 1.29 is 9.21 Å². The number of amides is 1. The summed E-state index contributed by atoms with van der Waals surface area (Å²) < 4.78 is 6.17. The molecule has 0 radical (unpaired) electrons. The number of hydrogen-bond donors (Lipinski definition) is 2. The van der Waals surface area contributed by atoms with Crippen LogP contribution in [0, 0.1) is 0 Å². The molecule has 6 heteroatoms. The van der Waals surface area contributed by atoms with Crippen LogP contribution in [0.2, 0.25) is 0 Å². The summed E-state index contributed by atoms with van der Waals surface area (Å²) in [5, 5.41) is 2.95. The van der Waals surface area contributed by atoms with Crippen LogP contribution >= 0.6 is 0 Å². The van der Waals surface area contributed by atoms with Crippen molar-refractivity contribution in [2.24, 2.45) is 4.99 Å². The largest absolute Gasteiger partial charge is 0.450 e. The molecule has 0 saturated carbocycles. The number of imidazole rings is 1. The molecule has 0 unspecified atom stereocenters. The van der Waals surface area contributed by atoms with Gasteiger partial charge in [-0.3, -0.25) is 9.79 Å². The number of nitrogens with one attached hydrogen (secondary N) is 2.